The van der Waals surface area contributed by atoms with Crippen molar-refractivity contribution in [2.75, 3.05) is 18.1 Å². The van der Waals surface area contributed by atoms with E-state index in [0.29, 0.717) is 23.3 Å². The lowest BCUT2D eigenvalue weighted by Gasteiger charge is -2.26. The first kappa shape index (κ1) is 15.5. The molecule has 1 aromatic rings. The Morgan fingerprint density at radius 3 is 2.95 bits per heavy atom. The first-order valence-electron chi connectivity index (χ1n) is 7.42. The summed E-state index contributed by atoms with van der Waals surface area (Å²) < 4.78 is 5.57. The van der Waals surface area contributed by atoms with Crippen LogP contribution in [0.2, 0.25) is 0 Å². The van der Waals surface area contributed by atoms with Crippen molar-refractivity contribution in [3.8, 4) is 5.75 Å². The van der Waals surface area contributed by atoms with Gasteiger partial charge in [-0.25, -0.2) is 0 Å². The van der Waals surface area contributed by atoms with E-state index in [9.17, 15) is 5.11 Å². The van der Waals surface area contributed by atoms with Gasteiger partial charge in [-0.05, 0) is 30.9 Å². The molecule has 0 spiro atoms. The number of para-hydroxylation sites is 2. The van der Waals surface area contributed by atoms with E-state index in [4.69, 9.17) is 10.5 Å². The highest BCUT2D eigenvalue weighted by molar-refractivity contribution is 7.99. The van der Waals surface area contributed by atoms with Crippen LogP contribution in [0.3, 0.4) is 0 Å². The van der Waals surface area contributed by atoms with E-state index in [1.165, 1.54) is 25.7 Å². The lowest BCUT2D eigenvalue weighted by Crippen LogP contribution is -2.23. The molecule has 20 heavy (non-hydrogen) atoms. The fourth-order valence-corrected chi connectivity index (χ4v) is 4.01. The Labute approximate surface area is 125 Å². The molecular weight excluding hydrogens is 270 g/mol. The average Bonchev–Trinajstić information content (AvgIpc) is 2.44. The molecule has 112 valence electrons. The molecule has 0 saturated heterocycles. The average molecular weight is 295 g/mol. The monoisotopic (exact) mass is 295 g/mol. The van der Waals surface area contributed by atoms with E-state index in [2.05, 4.69) is 6.92 Å². The summed E-state index contributed by atoms with van der Waals surface area (Å²) in [6.45, 7) is 2.63. The Hall–Kier alpha value is -0.870. The number of benzene rings is 1. The molecule has 0 amide bonds. The zero-order chi connectivity index (χ0) is 14.4. The van der Waals surface area contributed by atoms with Gasteiger partial charge in [-0.1, -0.05) is 31.9 Å². The summed E-state index contributed by atoms with van der Waals surface area (Å²) in [5.41, 5.74) is 6.42. The molecule has 0 radical (unpaired) electrons. The van der Waals surface area contributed by atoms with Crippen molar-refractivity contribution in [1.29, 1.82) is 0 Å². The number of aliphatic hydroxyl groups excluding tert-OH is 1. The van der Waals surface area contributed by atoms with Crippen LogP contribution in [0.15, 0.2) is 24.3 Å². The van der Waals surface area contributed by atoms with Crippen LogP contribution in [-0.4, -0.2) is 28.8 Å². The Balaban J connectivity index is 1.68. The summed E-state index contributed by atoms with van der Waals surface area (Å²) in [4.78, 5) is 0. The topological polar surface area (TPSA) is 55.5 Å². The molecule has 0 aliphatic heterocycles. The lowest BCUT2D eigenvalue weighted by atomic mass is 9.91. The summed E-state index contributed by atoms with van der Waals surface area (Å²) in [6.07, 6.45) is 4.82. The van der Waals surface area contributed by atoms with Gasteiger partial charge in [-0.15, -0.1) is 0 Å². The van der Waals surface area contributed by atoms with Crippen LogP contribution >= 0.6 is 11.8 Å². The SMILES string of the molecule is CC1CCCC(SCC(O)COc2ccccc2N)C1. The Kier molecular flexibility index (Phi) is 6.05. The molecule has 1 aliphatic carbocycles. The summed E-state index contributed by atoms with van der Waals surface area (Å²) >= 11 is 1.89. The van der Waals surface area contributed by atoms with Gasteiger partial charge >= 0.3 is 0 Å². The van der Waals surface area contributed by atoms with Crippen molar-refractivity contribution < 1.29 is 9.84 Å². The molecule has 1 fully saturated rings. The second-order valence-corrected chi connectivity index (χ2v) is 7.06. The van der Waals surface area contributed by atoms with E-state index in [-0.39, 0.29) is 0 Å². The van der Waals surface area contributed by atoms with Crippen LogP contribution in [0.5, 0.6) is 5.75 Å². The smallest absolute Gasteiger partial charge is 0.142 e. The van der Waals surface area contributed by atoms with Gasteiger partial charge in [-0.3, -0.25) is 0 Å². The van der Waals surface area contributed by atoms with Crippen LogP contribution in [0.4, 0.5) is 5.69 Å². The van der Waals surface area contributed by atoms with E-state index in [1.807, 2.05) is 30.0 Å². The van der Waals surface area contributed by atoms with Gasteiger partial charge in [0.25, 0.3) is 0 Å². The normalized spacial score (nSPS) is 24.3. The zero-order valence-electron chi connectivity index (χ0n) is 12.1. The predicted molar refractivity (Wildman–Crippen MR) is 86.2 cm³/mol. The Morgan fingerprint density at radius 1 is 1.40 bits per heavy atom. The standard InChI is InChI=1S/C16H25NO2S/c1-12-5-4-6-14(9-12)20-11-13(18)10-19-16-8-3-2-7-15(16)17/h2-3,7-8,12-14,18H,4-6,9-11,17H2,1H3. The van der Waals surface area contributed by atoms with E-state index >= 15 is 0 Å². The lowest BCUT2D eigenvalue weighted by molar-refractivity contribution is 0.126. The maximum atomic E-state index is 10.0. The highest BCUT2D eigenvalue weighted by Gasteiger charge is 2.20. The summed E-state index contributed by atoms with van der Waals surface area (Å²) in [7, 11) is 0. The van der Waals surface area contributed by atoms with Crippen LogP contribution in [-0.2, 0) is 0 Å². The molecule has 3 N–H and O–H groups in total. The first-order chi connectivity index (χ1) is 9.65. The minimum absolute atomic E-state index is 0.309. The number of hydrogen-bond acceptors (Lipinski definition) is 4. The number of anilines is 1. The molecule has 0 bridgehead atoms. The number of aliphatic hydroxyl groups is 1. The van der Waals surface area contributed by atoms with Crippen molar-refractivity contribution in [1.82, 2.24) is 0 Å². The predicted octanol–water partition coefficient (Wildman–Crippen LogP) is 3.32. The Morgan fingerprint density at radius 2 is 2.20 bits per heavy atom. The van der Waals surface area contributed by atoms with E-state index < -0.39 is 6.10 Å². The van der Waals surface area contributed by atoms with Crippen molar-refractivity contribution >= 4 is 17.4 Å². The van der Waals surface area contributed by atoms with Crippen molar-refractivity contribution in [3.63, 3.8) is 0 Å². The third kappa shape index (κ3) is 4.91. The van der Waals surface area contributed by atoms with E-state index in [1.54, 1.807) is 6.07 Å². The van der Waals surface area contributed by atoms with Gasteiger partial charge in [-0.2, -0.15) is 11.8 Å². The summed E-state index contributed by atoms with van der Waals surface area (Å²) in [6, 6.07) is 7.40. The van der Waals surface area contributed by atoms with Crippen molar-refractivity contribution in [2.45, 2.75) is 44.0 Å². The highest BCUT2D eigenvalue weighted by atomic mass is 32.2. The number of nitrogen functional groups attached to an aromatic ring is 1. The van der Waals surface area contributed by atoms with Crippen molar-refractivity contribution in [2.24, 2.45) is 5.92 Å². The van der Waals surface area contributed by atoms with Crippen LogP contribution in [0.1, 0.15) is 32.6 Å². The number of nitrogens with two attached hydrogens (primary N) is 1. The van der Waals surface area contributed by atoms with E-state index in [0.717, 1.165) is 11.7 Å². The molecule has 1 aliphatic rings. The molecular formula is C16H25NO2S. The molecule has 1 aromatic carbocycles. The van der Waals surface area contributed by atoms with Gasteiger partial charge in [0, 0.05) is 11.0 Å². The number of rotatable bonds is 6. The first-order valence-corrected chi connectivity index (χ1v) is 8.47. The zero-order valence-corrected chi connectivity index (χ0v) is 12.9. The van der Waals surface area contributed by atoms with Crippen LogP contribution in [0.25, 0.3) is 0 Å². The largest absolute Gasteiger partial charge is 0.489 e. The minimum Gasteiger partial charge on any atom is -0.489 e. The quantitative estimate of drug-likeness (QED) is 0.791. The van der Waals surface area contributed by atoms with Gasteiger partial charge in [0.1, 0.15) is 12.4 Å². The van der Waals surface area contributed by atoms with Gasteiger partial charge in [0.15, 0.2) is 0 Å². The summed E-state index contributed by atoms with van der Waals surface area (Å²) in [5.74, 6) is 2.23. The van der Waals surface area contributed by atoms with Crippen LogP contribution < -0.4 is 10.5 Å². The third-order valence-electron chi connectivity index (χ3n) is 3.76. The minimum atomic E-state index is -0.433. The maximum Gasteiger partial charge on any atom is 0.142 e. The fourth-order valence-electron chi connectivity index (χ4n) is 2.62. The Bertz CT molecular complexity index is 413. The number of hydrogen-bond donors (Lipinski definition) is 2. The van der Waals surface area contributed by atoms with Gasteiger partial charge < -0.3 is 15.6 Å². The molecule has 0 heterocycles. The molecule has 3 unspecified atom stereocenters. The number of thioether (sulfide) groups is 1. The second kappa shape index (κ2) is 7.79. The van der Waals surface area contributed by atoms with Crippen LogP contribution in [0, 0.1) is 5.92 Å². The van der Waals surface area contributed by atoms with Gasteiger partial charge in [0.2, 0.25) is 0 Å². The maximum absolute atomic E-state index is 10.0. The third-order valence-corrected chi connectivity index (χ3v) is 5.24. The fraction of sp³-hybridized carbons (Fsp3) is 0.625. The molecule has 3 atom stereocenters. The molecule has 4 heteroatoms. The van der Waals surface area contributed by atoms with Gasteiger partial charge in [0.05, 0.1) is 11.8 Å². The highest BCUT2D eigenvalue weighted by Crippen LogP contribution is 2.32. The second-order valence-electron chi connectivity index (χ2n) is 5.73. The molecule has 2 rings (SSSR count). The number of ether oxygens (including phenoxy) is 1. The summed E-state index contributed by atoms with van der Waals surface area (Å²) in [5, 5.41) is 10.7. The van der Waals surface area contributed by atoms with Crippen molar-refractivity contribution in [3.05, 3.63) is 24.3 Å². The molecule has 3 nitrogen and oxygen atoms in total. The molecule has 0 aromatic heterocycles. The molecule has 1 saturated carbocycles.